The molecule has 90 valence electrons. The zero-order valence-corrected chi connectivity index (χ0v) is 9.67. The van der Waals surface area contributed by atoms with Crippen molar-refractivity contribution in [3.8, 4) is 5.75 Å². The molecule has 0 saturated heterocycles. The average molecular weight is 233 g/mol. The van der Waals surface area contributed by atoms with E-state index in [-0.39, 0.29) is 18.1 Å². The maximum Gasteiger partial charge on any atom is 0.262 e. The number of hydrogen-bond donors (Lipinski definition) is 3. The predicted molar refractivity (Wildman–Crippen MR) is 66.2 cm³/mol. The van der Waals surface area contributed by atoms with E-state index in [1.165, 1.54) is 0 Å². The molecule has 1 aromatic rings. The van der Waals surface area contributed by atoms with Gasteiger partial charge in [0, 0.05) is 11.6 Å². The molecule has 0 spiro atoms. The second kappa shape index (κ2) is 3.29. The van der Waals surface area contributed by atoms with Crippen LogP contribution in [-0.2, 0) is 4.79 Å². The molecule has 3 rings (SSSR count). The maximum absolute atomic E-state index is 11.2. The van der Waals surface area contributed by atoms with Crippen LogP contribution in [0.4, 0.5) is 17.1 Å². The molecule has 1 heterocycles. The fraction of sp³-hybridized carbons (Fsp3) is 0.417. The van der Waals surface area contributed by atoms with E-state index in [4.69, 9.17) is 10.5 Å². The Morgan fingerprint density at radius 3 is 2.94 bits per heavy atom. The van der Waals surface area contributed by atoms with Gasteiger partial charge in [0.25, 0.3) is 5.91 Å². The number of nitrogens with two attached hydrogens (primary N) is 1. The van der Waals surface area contributed by atoms with Crippen LogP contribution < -0.4 is 21.1 Å². The summed E-state index contributed by atoms with van der Waals surface area (Å²) in [5.74, 6) is 0.499. The number of amides is 1. The molecule has 0 atom stereocenters. The van der Waals surface area contributed by atoms with Gasteiger partial charge in [0.1, 0.15) is 5.75 Å². The van der Waals surface area contributed by atoms with Crippen LogP contribution in [0.5, 0.6) is 5.75 Å². The van der Waals surface area contributed by atoms with Crippen molar-refractivity contribution >= 4 is 23.0 Å². The number of hydrogen-bond acceptors (Lipinski definition) is 4. The van der Waals surface area contributed by atoms with Gasteiger partial charge in [-0.2, -0.15) is 0 Å². The first kappa shape index (κ1) is 10.3. The molecule has 4 N–H and O–H groups in total. The molecule has 0 radical (unpaired) electrons. The van der Waals surface area contributed by atoms with E-state index in [1.54, 1.807) is 6.07 Å². The first-order valence-corrected chi connectivity index (χ1v) is 5.70. The normalized spacial score (nSPS) is 19.9. The lowest BCUT2D eigenvalue weighted by Crippen LogP contribution is -2.26. The SMILES string of the molecule is CC1(Nc2cc3c(cc2N)OCC(=O)N3)CC1. The summed E-state index contributed by atoms with van der Waals surface area (Å²) in [5, 5.41) is 6.17. The van der Waals surface area contributed by atoms with E-state index in [1.807, 2.05) is 6.07 Å². The van der Waals surface area contributed by atoms with E-state index in [0.29, 0.717) is 17.1 Å². The minimum absolute atomic E-state index is 0.0525. The Morgan fingerprint density at radius 1 is 1.47 bits per heavy atom. The first-order chi connectivity index (χ1) is 8.06. The molecule has 1 amide bonds. The highest BCUT2D eigenvalue weighted by molar-refractivity contribution is 5.97. The van der Waals surface area contributed by atoms with Crippen molar-refractivity contribution in [2.45, 2.75) is 25.3 Å². The molecular formula is C12H15N3O2. The van der Waals surface area contributed by atoms with Crippen molar-refractivity contribution in [3.05, 3.63) is 12.1 Å². The van der Waals surface area contributed by atoms with Gasteiger partial charge in [0.15, 0.2) is 6.61 Å². The minimum Gasteiger partial charge on any atom is -0.482 e. The summed E-state index contributed by atoms with van der Waals surface area (Å²) in [7, 11) is 0. The second-order valence-corrected chi connectivity index (χ2v) is 4.96. The number of ether oxygens (including phenoxy) is 1. The van der Waals surface area contributed by atoms with Crippen LogP contribution in [0.3, 0.4) is 0 Å². The van der Waals surface area contributed by atoms with Crippen LogP contribution in [0, 0.1) is 0 Å². The Morgan fingerprint density at radius 2 is 2.24 bits per heavy atom. The zero-order chi connectivity index (χ0) is 12.0. The van der Waals surface area contributed by atoms with Gasteiger partial charge < -0.3 is 21.1 Å². The molecule has 1 aromatic carbocycles. The molecule has 5 nitrogen and oxygen atoms in total. The van der Waals surface area contributed by atoms with Gasteiger partial charge in [-0.25, -0.2) is 0 Å². The summed E-state index contributed by atoms with van der Waals surface area (Å²) >= 11 is 0. The number of rotatable bonds is 2. The fourth-order valence-electron chi connectivity index (χ4n) is 1.89. The molecule has 17 heavy (non-hydrogen) atoms. The molecule has 0 unspecified atom stereocenters. The van der Waals surface area contributed by atoms with Crippen molar-refractivity contribution in [2.75, 3.05) is 23.0 Å². The lowest BCUT2D eigenvalue weighted by atomic mass is 10.2. The fourth-order valence-corrected chi connectivity index (χ4v) is 1.89. The van der Waals surface area contributed by atoms with Crippen molar-refractivity contribution < 1.29 is 9.53 Å². The van der Waals surface area contributed by atoms with Crippen molar-refractivity contribution in [3.63, 3.8) is 0 Å². The highest BCUT2D eigenvalue weighted by atomic mass is 16.5. The molecule has 0 aromatic heterocycles. The highest BCUT2D eigenvalue weighted by Gasteiger charge is 2.37. The van der Waals surface area contributed by atoms with E-state index in [2.05, 4.69) is 17.6 Å². The molecule has 2 aliphatic rings. The van der Waals surface area contributed by atoms with Gasteiger partial charge >= 0.3 is 0 Å². The summed E-state index contributed by atoms with van der Waals surface area (Å²) in [6, 6.07) is 3.59. The number of anilines is 3. The van der Waals surface area contributed by atoms with Crippen LogP contribution in [0.1, 0.15) is 19.8 Å². The van der Waals surface area contributed by atoms with E-state index in [9.17, 15) is 4.79 Å². The number of carbonyl (C=O) groups excluding carboxylic acids is 1. The molecule has 1 aliphatic heterocycles. The largest absolute Gasteiger partial charge is 0.482 e. The van der Waals surface area contributed by atoms with Gasteiger partial charge in [-0.15, -0.1) is 0 Å². The first-order valence-electron chi connectivity index (χ1n) is 5.70. The zero-order valence-electron chi connectivity index (χ0n) is 9.67. The summed E-state index contributed by atoms with van der Waals surface area (Å²) in [6.45, 7) is 2.21. The highest BCUT2D eigenvalue weighted by Crippen LogP contribution is 2.42. The van der Waals surface area contributed by atoms with Crippen LogP contribution in [0.25, 0.3) is 0 Å². The topological polar surface area (TPSA) is 76.4 Å². The summed E-state index contributed by atoms with van der Waals surface area (Å²) in [5.41, 5.74) is 8.30. The van der Waals surface area contributed by atoms with Gasteiger partial charge in [-0.3, -0.25) is 4.79 Å². The number of carbonyl (C=O) groups is 1. The molecule has 1 fully saturated rings. The van der Waals surface area contributed by atoms with Crippen molar-refractivity contribution in [1.82, 2.24) is 0 Å². The quantitative estimate of drug-likeness (QED) is 0.677. The van der Waals surface area contributed by atoms with Gasteiger partial charge in [0.05, 0.1) is 17.1 Å². The van der Waals surface area contributed by atoms with E-state index < -0.39 is 0 Å². The summed E-state index contributed by atoms with van der Waals surface area (Å²) in [6.07, 6.45) is 2.29. The maximum atomic E-state index is 11.2. The third-order valence-electron chi connectivity index (χ3n) is 3.22. The van der Waals surface area contributed by atoms with Gasteiger partial charge in [0.2, 0.25) is 0 Å². The predicted octanol–water partition coefficient (Wildman–Crippen LogP) is 1.56. The smallest absolute Gasteiger partial charge is 0.262 e. The van der Waals surface area contributed by atoms with Crippen LogP contribution >= 0.6 is 0 Å². The summed E-state index contributed by atoms with van der Waals surface area (Å²) in [4.78, 5) is 11.2. The lowest BCUT2D eigenvalue weighted by Gasteiger charge is -2.22. The third kappa shape index (κ3) is 1.88. The molecule has 1 aliphatic carbocycles. The third-order valence-corrected chi connectivity index (χ3v) is 3.22. The summed E-state index contributed by atoms with van der Waals surface area (Å²) < 4.78 is 5.30. The monoisotopic (exact) mass is 233 g/mol. The van der Waals surface area contributed by atoms with Gasteiger partial charge in [-0.05, 0) is 25.8 Å². The molecule has 0 bridgehead atoms. The standard InChI is InChI=1S/C12H15N3O2/c1-12(2-3-12)15-8-5-9-10(4-7(8)13)17-6-11(16)14-9/h4-5,15H,2-3,6,13H2,1H3,(H,14,16). The number of nitrogens with one attached hydrogen (secondary N) is 2. The Balaban J connectivity index is 1.94. The van der Waals surface area contributed by atoms with Crippen molar-refractivity contribution in [2.24, 2.45) is 0 Å². The van der Waals surface area contributed by atoms with Gasteiger partial charge in [-0.1, -0.05) is 0 Å². The Kier molecular flexibility index (Phi) is 1.98. The second-order valence-electron chi connectivity index (χ2n) is 4.96. The lowest BCUT2D eigenvalue weighted by molar-refractivity contribution is -0.118. The molecule has 1 saturated carbocycles. The number of benzene rings is 1. The van der Waals surface area contributed by atoms with E-state index in [0.717, 1.165) is 18.5 Å². The van der Waals surface area contributed by atoms with Crippen molar-refractivity contribution in [1.29, 1.82) is 0 Å². The van der Waals surface area contributed by atoms with Crippen LogP contribution in [0.15, 0.2) is 12.1 Å². The molecule has 5 heteroatoms. The molecular weight excluding hydrogens is 218 g/mol. The Hall–Kier alpha value is -1.91. The Labute approximate surface area is 99.3 Å². The van der Waals surface area contributed by atoms with E-state index >= 15 is 0 Å². The Bertz CT molecular complexity index is 495. The number of fused-ring (bicyclic) bond motifs is 1. The number of nitrogen functional groups attached to an aromatic ring is 1. The van der Waals surface area contributed by atoms with Crippen LogP contribution in [-0.4, -0.2) is 18.1 Å². The van der Waals surface area contributed by atoms with Crippen LogP contribution in [0.2, 0.25) is 0 Å². The average Bonchev–Trinajstić information content (AvgIpc) is 2.98. The minimum atomic E-state index is -0.133.